The lowest BCUT2D eigenvalue weighted by Crippen LogP contribution is -2.52. The van der Waals surface area contributed by atoms with E-state index in [1.807, 2.05) is 28.6 Å². The number of anilines is 1. The second kappa shape index (κ2) is 14.7. The molecule has 266 valence electrons. The number of carbonyl (C=O) groups excluding carboxylic acids is 2. The van der Waals surface area contributed by atoms with Crippen molar-refractivity contribution in [1.29, 1.82) is 0 Å². The molecule has 3 aliphatic heterocycles. The van der Waals surface area contributed by atoms with E-state index in [4.69, 9.17) is 9.47 Å². The van der Waals surface area contributed by atoms with Crippen molar-refractivity contribution < 1.29 is 19.1 Å². The lowest BCUT2D eigenvalue weighted by molar-refractivity contribution is -0.137. The van der Waals surface area contributed by atoms with Gasteiger partial charge in [-0.1, -0.05) is 45.0 Å². The fourth-order valence-electron chi connectivity index (χ4n) is 7.55. The SMILES string of the molecule is COc1c(CN2CCN(C)CC2)cc(C(C)(C)C)cc1NC(=O)Oc1cc2cccc(CN3CCN(C(=O)[C@@H]4CCCN4C)CC3)c2n1C. The zero-order chi connectivity index (χ0) is 34.9. The van der Waals surface area contributed by atoms with Crippen LogP contribution in [0.4, 0.5) is 10.5 Å². The summed E-state index contributed by atoms with van der Waals surface area (Å²) in [5.41, 5.74) is 4.88. The molecule has 3 aliphatic rings. The molecule has 3 aromatic rings. The van der Waals surface area contributed by atoms with E-state index < -0.39 is 6.09 Å². The quantitative estimate of drug-likeness (QED) is 0.372. The van der Waals surface area contributed by atoms with Gasteiger partial charge in [0.2, 0.25) is 11.8 Å². The Balaban J connectivity index is 1.15. The molecular weight excluding hydrogens is 618 g/mol. The molecular formula is C38H55N7O4. The van der Waals surface area contributed by atoms with Crippen LogP contribution in [0.15, 0.2) is 36.4 Å². The molecule has 2 aromatic carbocycles. The maximum absolute atomic E-state index is 13.5. The van der Waals surface area contributed by atoms with Gasteiger partial charge in [0.25, 0.3) is 0 Å². The summed E-state index contributed by atoms with van der Waals surface area (Å²) < 4.78 is 13.9. The van der Waals surface area contributed by atoms with Gasteiger partial charge < -0.3 is 23.8 Å². The highest BCUT2D eigenvalue weighted by Crippen LogP contribution is 2.37. The van der Waals surface area contributed by atoms with Gasteiger partial charge in [-0.25, -0.2) is 4.79 Å². The molecule has 6 rings (SSSR count). The van der Waals surface area contributed by atoms with Gasteiger partial charge in [0.1, 0.15) is 5.75 Å². The van der Waals surface area contributed by atoms with Crippen LogP contribution in [0.5, 0.6) is 11.6 Å². The molecule has 49 heavy (non-hydrogen) atoms. The molecule has 11 heteroatoms. The summed E-state index contributed by atoms with van der Waals surface area (Å²) in [5, 5.41) is 4.04. The monoisotopic (exact) mass is 673 g/mol. The van der Waals surface area contributed by atoms with E-state index in [-0.39, 0.29) is 17.4 Å². The highest BCUT2D eigenvalue weighted by atomic mass is 16.6. The zero-order valence-electron chi connectivity index (χ0n) is 30.6. The molecule has 1 atom stereocenters. The number of carbonyl (C=O) groups is 2. The van der Waals surface area contributed by atoms with Crippen LogP contribution < -0.4 is 14.8 Å². The molecule has 0 radical (unpaired) electrons. The van der Waals surface area contributed by atoms with Crippen molar-refractivity contribution in [2.45, 2.75) is 58.2 Å². The highest BCUT2D eigenvalue weighted by Gasteiger charge is 2.33. The first-order valence-electron chi connectivity index (χ1n) is 17.8. The number of benzene rings is 2. The van der Waals surface area contributed by atoms with Gasteiger partial charge in [0.15, 0.2) is 0 Å². The van der Waals surface area contributed by atoms with Crippen molar-refractivity contribution in [1.82, 2.24) is 29.1 Å². The van der Waals surface area contributed by atoms with Crippen LogP contribution in [0, 0.1) is 0 Å². The van der Waals surface area contributed by atoms with Crippen molar-refractivity contribution in [2.24, 2.45) is 7.05 Å². The summed E-state index contributed by atoms with van der Waals surface area (Å²) in [7, 11) is 7.82. The third-order valence-corrected chi connectivity index (χ3v) is 10.6. The van der Waals surface area contributed by atoms with E-state index in [1.165, 1.54) is 5.56 Å². The number of likely N-dealkylation sites (N-methyl/N-ethyl adjacent to an activating group) is 2. The lowest BCUT2D eigenvalue weighted by atomic mass is 9.85. The number of para-hydroxylation sites is 1. The van der Waals surface area contributed by atoms with Gasteiger partial charge in [-0.15, -0.1) is 0 Å². The van der Waals surface area contributed by atoms with E-state index in [0.29, 0.717) is 17.3 Å². The maximum Gasteiger partial charge on any atom is 0.418 e. The first kappa shape index (κ1) is 35.2. The molecule has 0 saturated carbocycles. The lowest BCUT2D eigenvalue weighted by Gasteiger charge is -2.37. The van der Waals surface area contributed by atoms with Crippen LogP contribution in [0.1, 0.15) is 50.3 Å². The van der Waals surface area contributed by atoms with Crippen molar-refractivity contribution in [3.05, 3.63) is 53.1 Å². The Bertz CT molecular complexity index is 1650. The smallest absolute Gasteiger partial charge is 0.418 e. The number of hydrogen-bond acceptors (Lipinski definition) is 8. The van der Waals surface area contributed by atoms with Crippen LogP contribution >= 0.6 is 0 Å². The standard InChI is InChI=1S/C38H55N7O4/c1-38(2,3)30-22-29(26-43-16-14-40(4)15-17-43)35(48-7)31(24-30)39-37(47)49-33-23-27-10-8-11-28(34(27)42(33)6)25-44-18-20-45(21-19-44)36(46)32-12-9-13-41(32)5/h8,10-11,22-24,32H,9,12-21,25-26H2,1-7H3,(H,39,47)/t32-/m0/s1. The Morgan fingerprint density at radius 1 is 0.857 bits per heavy atom. The number of piperazine rings is 2. The van der Waals surface area contributed by atoms with Crippen molar-refractivity contribution >= 4 is 28.6 Å². The molecule has 0 aliphatic carbocycles. The predicted molar refractivity (Wildman–Crippen MR) is 195 cm³/mol. The summed E-state index contributed by atoms with van der Waals surface area (Å²) in [4.78, 5) is 38.1. The predicted octanol–water partition coefficient (Wildman–Crippen LogP) is 4.58. The Kier molecular flexibility index (Phi) is 10.5. The molecule has 1 N–H and O–H groups in total. The molecule has 2 amide bonds. The fraction of sp³-hybridized carbons (Fsp3) is 0.579. The van der Waals surface area contributed by atoms with Crippen molar-refractivity contribution in [3.8, 4) is 11.6 Å². The minimum Gasteiger partial charge on any atom is -0.494 e. The molecule has 4 heterocycles. The van der Waals surface area contributed by atoms with Crippen LogP contribution in [0.2, 0.25) is 0 Å². The summed E-state index contributed by atoms with van der Waals surface area (Å²) in [6, 6.07) is 12.4. The highest BCUT2D eigenvalue weighted by molar-refractivity contribution is 5.91. The number of methoxy groups -OCH3 is 1. The minimum atomic E-state index is -0.559. The van der Waals surface area contributed by atoms with E-state index >= 15 is 0 Å². The van der Waals surface area contributed by atoms with Crippen molar-refractivity contribution in [3.63, 3.8) is 0 Å². The molecule has 11 nitrogen and oxygen atoms in total. The van der Waals surface area contributed by atoms with Gasteiger partial charge in [-0.05, 0) is 56.1 Å². The Morgan fingerprint density at radius 3 is 2.16 bits per heavy atom. The summed E-state index contributed by atoms with van der Waals surface area (Å²) >= 11 is 0. The normalized spacial score (nSPS) is 20.2. The first-order valence-corrected chi connectivity index (χ1v) is 17.8. The summed E-state index contributed by atoms with van der Waals surface area (Å²) in [6.07, 6.45) is 1.50. The van der Waals surface area contributed by atoms with Crippen LogP contribution in [-0.2, 0) is 30.3 Å². The molecule has 0 bridgehead atoms. The maximum atomic E-state index is 13.5. The van der Waals surface area contributed by atoms with Gasteiger partial charge in [0, 0.05) is 89.5 Å². The fourth-order valence-corrected chi connectivity index (χ4v) is 7.55. The number of fused-ring (bicyclic) bond motifs is 1. The van der Waals surface area contributed by atoms with E-state index in [9.17, 15) is 9.59 Å². The average molecular weight is 674 g/mol. The number of aryl methyl sites for hydroxylation is 1. The van der Waals surface area contributed by atoms with Crippen LogP contribution in [-0.4, -0.2) is 127 Å². The second-order valence-corrected chi connectivity index (χ2v) is 15.2. The number of aromatic nitrogens is 1. The largest absolute Gasteiger partial charge is 0.494 e. The topological polar surface area (TPSA) is 85.8 Å². The third kappa shape index (κ3) is 7.90. The number of rotatable bonds is 8. The molecule has 1 aromatic heterocycles. The van der Waals surface area contributed by atoms with Gasteiger partial charge in [-0.3, -0.25) is 24.8 Å². The number of ether oxygens (including phenoxy) is 2. The van der Waals surface area contributed by atoms with Gasteiger partial charge in [-0.2, -0.15) is 0 Å². The van der Waals surface area contributed by atoms with Crippen molar-refractivity contribution in [2.75, 3.05) is 85.4 Å². The Labute approximate surface area is 291 Å². The van der Waals surface area contributed by atoms with Crippen LogP contribution in [0.3, 0.4) is 0 Å². The van der Waals surface area contributed by atoms with E-state index in [0.717, 1.165) is 107 Å². The van der Waals surface area contributed by atoms with Gasteiger partial charge in [0.05, 0.1) is 24.4 Å². The molecule has 0 unspecified atom stereocenters. The molecule has 3 saturated heterocycles. The Hall–Kier alpha value is -3.64. The third-order valence-electron chi connectivity index (χ3n) is 10.6. The van der Waals surface area contributed by atoms with E-state index in [1.54, 1.807) is 7.11 Å². The zero-order valence-corrected chi connectivity index (χ0v) is 30.6. The minimum absolute atomic E-state index is 0.0342. The molecule has 0 spiro atoms. The summed E-state index contributed by atoms with van der Waals surface area (Å²) in [6.45, 7) is 16.2. The van der Waals surface area contributed by atoms with Gasteiger partial charge >= 0.3 is 6.09 Å². The Morgan fingerprint density at radius 2 is 1.53 bits per heavy atom. The molecule has 3 fully saturated rings. The average Bonchev–Trinajstić information content (AvgIpc) is 3.64. The van der Waals surface area contributed by atoms with Crippen LogP contribution in [0.25, 0.3) is 10.9 Å². The number of nitrogens with one attached hydrogen (secondary N) is 1. The number of amides is 2. The second-order valence-electron chi connectivity index (χ2n) is 15.2. The number of nitrogens with zero attached hydrogens (tertiary/aromatic N) is 6. The first-order chi connectivity index (χ1) is 23.4. The summed E-state index contributed by atoms with van der Waals surface area (Å²) in [5.74, 6) is 1.41. The number of likely N-dealkylation sites (tertiary alicyclic amines) is 1. The van der Waals surface area contributed by atoms with E-state index in [2.05, 4.69) is 84.0 Å². The number of hydrogen-bond donors (Lipinski definition) is 1.